The minimum absolute atomic E-state index is 0.0591. The summed E-state index contributed by atoms with van der Waals surface area (Å²) in [7, 11) is -0.461. The van der Waals surface area contributed by atoms with Crippen LogP contribution < -0.4 is 20.3 Å². The first kappa shape index (κ1) is 33.9. The Morgan fingerprint density at radius 2 is 1.57 bits per heavy atom. The molecular formula is C33H36N2O9PS-. The molecule has 13 heteroatoms. The number of methoxy groups -OCH3 is 2. The molecule has 1 unspecified atom stereocenters. The second kappa shape index (κ2) is 14.5. The van der Waals surface area contributed by atoms with Crippen molar-refractivity contribution in [2.75, 3.05) is 27.4 Å². The van der Waals surface area contributed by atoms with Crippen molar-refractivity contribution < 1.29 is 38.0 Å². The van der Waals surface area contributed by atoms with E-state index in [2.05, 4.69) is 4.98 Å². The zero-order chi connectivity index (χ0) is 32.9. The Balaban J connectivity index is 1.58. The molecule has 1 aliphatic rings. The molecule has 0 amide bonds. The molecule has 1 aliphatic heterocycles. The Hall–Kier alpha value is -3.48. The first-order valence-electron chi connectivity index (χ1n) is 14.7. The first-order chi connectivity index (χ1) is 22.1. The standard InChI is InChI=1S/C33H37N2O9PS/c1-5-42-45(38,46)44-28-19-30(35-20-22(2)31(36)34-32(35)37)43-29(28)21-41-33(23-9-7-6-8-10-23,24-11-15-26(39-3)16-12-24)25-13-17-27(40-4)18-14-25/h6-18,20,28-30H,5,19,21H2,1-4H3,(H,38,46)(H,34,36,37)/p-1/t28-,29+,30+,45?/m0/s1. The average Bonchev–Trinajstić information content (AvgIpc) is 3.45. The summed E-state index contributed by atoms with van der Waals surface area (Å²) in [4.78, 5) is 27.1. The van der Waals surface area contributed by atoms with Gasteiger partial charge in [0, 0.05) is 12.6 Å². The van der Waals surface area contributed by atoms with Gasteiger partial charge in [-0.05, 0) is 66.2 Å². The highest BCUT2D eigenvalue weighted by Crippen LogP contribution is 2.57. The topological polar surface area (TPSA) is 134 Å². The molecule has 1 aromatic heterocycles. The molecule has 0 aliphatic carbocycles. The van der Waals surface area contributed by atoms with E-state index >= 15 is 0 Å². The van der Waals surface area contributed by atoms with Crippen LogP contribution in [0.15, 0.2) is 89.9 Å². The van der Waals surface area contributed by atoms with Gasteiger partial charge in [0.05, 0.1) is 27.4 Å². The Bertz CT molecular complexity index is 1610. The number of hydrogen-bond acceptors (Lipinski definition) is 11. The fourth-order valence-corrected chi connectivity index (χ4v) is 7.14. The molecular weight excluding hydrogens is 631 g/mol. The molecule has 4 atom stereocenters. The van der Waals surface area contributed by atoms with E-state index in [9.17, 15) is 14.8 Å². The maximum absolute atomic E-state index is 12.7. The molecule has 4 aromatic rings. The SMILES string of the molecule is CCO[P+](O)([S-])O[C@H]1C[C@H](n2cc(C)c([O-])nc2=O)O[C@@H]1COC(c1ccccc1)(c1ccc(OC)cc1)c1ccc(OC)cc1. The summed E-state index contributed by atoms with van der Waals surface area (Å²) in [6.45, 7) is 3.35. The molecule has 1 fully saturated rings. The fourth-order valence-electron chi connectivity index (χ4n) is 5.54. The summed E-state index contributed by atoms with van der Waals surface area (Å²) in [5.74, 6) is 0.749. The van der Waals surface area contributed by atoms with Crippen molar-refractivity contribution in [3.63, 3.8) is 0 Å². The molecule has 11 nitrogen and oxygen atoms in total. The molecule has 0 bridgehead atoms. The third-order valence-corrected chi connectivity index (χ3v) is 9.47. The van der Waals surface area contributed by atoms with Crippen LogP contribution in [0.2, 0.25) is 0 Å². The van der Waals surface area contributed by atoms with Crippen LogP contribution >= 0.6 is 7.15 Å². The highest BCUT2D eigenvalue weighted by molar-refractivity contribution is 8.35. The second-order valence-electron chi connectivity index (χ2n) is 10.6. The molecule has 244 valence electrons. The summed E-state index contributed by atoms with van der Waals surface area (Å²) in [5, 5.41) is 12.0. The highest BCUT2D eigenvalue weighted by Gasteiger charge is 2.46. The molecule has 2 heterocycles. The van der Waals surface area contributed by atoms with Crippen molar-refractivity contribution >= 4 is 19.4 Å². The summed E-state index contributed by atoms with van der Waals surface area (Å²) >= 11 is 5.27. The molecule has 0 radical (unpaired) electrons. The van der Waals surface area contributed by atoms with Crippen molar-refractivity contribution in [2.45, 2.75) is 44.3 Å². The predicted molar refractivity (Wildman–Crippen MR) is 172 cm³/mol. The van der Waals surface area contributed by atoms with Crippen molar-refractivity contribution in [3.8, 4) is 17.4 Å². The van der Waals surface area contributed by atoms with Crippen LogP contribution in [0, 0.1) is 6.92 Å². The Labute approximate surface area is 273 Å². The van der Waals surface area contributed by atoms with Gasteiger partial charge >= 0.3 is 5.69 Å². The number of rotatable bonds is 13. The van der Waals surface area contributed by atoms with Crippen LogP contribution in [0.25, 0.3) is 0 Å². The van der Waals surface area contributed by atoms with Gasteiger partial charge in [-0.2, -0.15) is 9.05 Å². The van der Waals surface area contributed by atoms with Gasteiger partial charge in [-0.3, -0.25) is 4.57 Å². The van der Waals surface area contributed by atoms with E-state index in [1.165, 1.54) is 10.8 Å². The van der Waals surface area contributed by atoms with Crippen LogP contribution in [0.4, 0.5) is 0 Å². The van der Waals surface area contributed by atoms with Gasteiger partial charge in [0.15, 0.2) is 0 Å². The lowest BCUT2D eigenvalue weighted by Gasteiger charge is -2.37. The highest BCUT2D eigenvalue weighted by atomic mass is 32.7. The average molecular weight is 668 g/mol. The van der Waals surface area contributed by atoms with Gasteiger partial charge in [-0.25, -0.2) is 14.7 Å². The first-order valence-corrected chi connectivity index (χ1v) is 17.3. The predicted octanol–water partition coefficient (Wildman–Crippen LogP) is 4.58. The zero-order valence-electron chi connectivity index (χ0n) is 25.9. The number of benzene rings is 3. The molecule has 1 saturated heterocycles. The minimum atomic E-state index is -3.67. The van der Waals surface area contributed by atoms with Crippen LogP contribution in [-0.2, 0) is 36.4 Å². The summed E-state index contributed by atoms with van der Waals surface area (Å²) in [5.41, 5.74) is 0.805. The Kier molecular flexibility index (Phi) is 10.7. The number of hydrogen-bond donors (Lipinski definition) is 1. The quantitative estimate of drug-likeness (QED) is 0.122. The third-order valence-electron chi connectivity index (χ3n) is 7.78. The largest absolute Gasteiger partial charge is 0.858 e. The molecule has 46 heavy (non-hydrogen) atoms. The molecule has 3 aromatic carbocycles. The molecule has 5 rings (SSSR count). The van der Waals surface area contributed by atoms with E-state index in [-0.39, 0.29) is 25.2 Å². The lowest BCUT2D eigenvalue weighted by molar-refractivity contribution is -0.276. The number of ether oxygens (including phenoxy) is 4. The van der Waals surface area contributed by atoms with E-state index in [4.69, 9.17) is 40.2 Å². The molecule has 0 saturated carbocycles. The van der Waals surface area contributed by atoms with Crippen molar-refractivity contribution in [2.24, 2.45) is 0 Å². The van der Waals surface area contributed by atoms with Gasteiger partial charge in [0.2, 0.25) is 0 Å². The maximum atomic E-state index is 12.7. The maximum Gasteiger partial charge on any atom is 0.349 e. The normalized spacial score (nSPS) is 19.5. The van der Waals surface area contributed by atoms with Crippen molar-refractivity contribution in [3.05, 3.63) is 118 Å². The summed E-state index contributed by atoms with van der Waals surface area (Å²) in [6, 6.07) is 24.9. The van der Waals surface area contributed by atoms with Gasteiger partial charge in [-0.15, -0.1) is 0 Å². The minimum Gasteiger partial charge on any atom is -0.858 e. The van der Waals surface area contributed by atoms with E-state index in [0.717, 1.165) is 16.7 Å². The number of nitrogens with zero attached hydrogens (tertiary/aromatic N) is 2. The van der Waals surface area contributed by atoms with Crippen molar-refractivity contribution in [1.29, 1.82) is 0 Å². The molecule has 1 N–H and O–H groups in total. The second-order valence-corrected chi connectivity index (χ2v) is 13.4. The van der Waals surface area contributed by atoms with Crippen LogP contribution in [0.1, 0.15) is 41.8 Å². The van der Waals surface area contributed by atoms with Gasteiger partial charge < -0.3 is 36.3 Å². The van der Waals surface area contributed by atoms with Crippen LogP contribution in [-0.4, -0.2) is 54.1 Å². The number of aryl methyl sites for hydroxylation is 1. The van der Waals surface area contributed by atoms with Crippen LogP contribution in [0.5, 0.6) is 17.4 Å². The molecule has 0 spiro atoms. The monoisotopic (exact) mass is 667 g/mol. The van der Waals surface area contributed by atoms with Gasteiger partial charge in [-0.1, -0.05) is 54.6 Å². The summed E-state index contributed by atoms with van der Waals surface area (Å²) in [6.07, 6.45) is -1.00. The van der Waals surface area contributed by atoms with Gasteiger partial charge in [0.1, 0.15) is 35.5 Å². The number of aromatic nitrogens is 2. The Morgan fingerprint density at radius 3 is 2.11 bits per heavy atom. The fraction of sp³-hybridized carbons (Fsp3) is 0.333. The van der Waals surface area contributed by atoms with E-state index in [1.807, 2.05) is 78.9 Å². The van der Waals surface area contributed by atoms with Gasteiger partial charge in [0.25, 0.3) is 7.15 Å². The van der Waals surface area contributed by atoms with E-state index in [0.29, 0.717) is 11.5 Å². The van der Waals surface area contributed by atoms with E-state index < -0.39 is 42.8 Å². The summed E-state index contributed by atoms with van der Waals surface area (Å²) < 4.78 is 36.8. The Morgan fingerprint density at radius 1 is 1.00 bits per heavy atom. The van der Waals surface area contributed by atoms with Crippen LogP contribution in [0.3, 0.4) is 0 Å². The lowest BCUT2D eigenvalue weighted by atomic mass is 9.80. The van der Waals surface area contributed by atoms with E-state index in [1.54, 1.807) is 28.1 Å². The smallest absolute Gasteiger partial charge is 0.349 e. The zero-order valence-corrected chi connectivity index (χ0v) is 27.6. The third kappa shape index (κ3) is 7.24. The lowest BCUT2D eigenvalue weighted by Crippen LogP contribution is -2.38. The van der Waals surface area contributed by atoms with Crippen molar-refractivity contribution in [1.82, 2.24) is 9.55 Å².